The number of hydrogen-bond acceptors (Lipinski definition) is 6. The van der Waals surface area contributed by atoms with Crippen LogP contribution < -0.4 is 10.1 Å². The summed E-state index contributed by atoms with van der Waals surface area (Å²) in [5.74, 6) is -1.18. The van der Waals surface area contributed by atoms with Crippen molar-refractivity contribution in [3.8, 4) is 5.75 Å². The zero-order valence-corrected chi connectivity index (χ0v) is 13.5. The van der Waals surface area contributed by atoms with Gasteiger partial charge in [0.25, 0.3) is 11.7 Å². The second kappa shape index (κ2) is 7.39. The van der Waals surface area contributed by atoms with Crippen molar-refractivity contribution in [2.24, 2.45) is 0 Å². The number of nitrogens with zero attached hydrogens (tertiary/aromatic N) is 2. The Balaban J connectivity index is 2.49. The Morgan fingerprint density at radius 3 is 2.16 bits per heavy atom. The summed E-state index contributed by atoms with van der Waals surface area (Å²) < 4.78 is 4.77. The Hall–Kier alpha value is -3.49. The minimum absolute atomic E-state index is 0.204. The van der Waals surface area contributed by atoms with Crippen LogP contribution in [0.15, 0.2) is 36.4 Å². The molecular formula is C16H15N3O6. The normalized spacial score (nSPS) is 10.2. The second-order valence-corrected chi connectivity index (χ2v) is 5.03. The van der Waals surface area contributed by atoms with Gasteiger partial charge in [-0.15, -0.1) is 0 Å². The number of nitro groups is 2. The van der Waals surface area contributed by atoms with Crippen molar-refractivity contribution in [3.63, 3.8) is 0 Å². The molecule has 0 radical (unpaired) electrons. The number of benzene rings is 2. The van der Waals surface area contributed by atoms with Crippen molar-refractivity contribution < 1.29 is 19.4 Å². The lowest BCUT2D eigenvalue weighted by Crippen LogP contribution is -2.14. The van der Waals surface area contributed by atoms with Crippen molar-refractivity contribution in [3.05, 3.63) is 67.8 Å². The number of hydrogen-bond donors (Lipinski definition) is 1. The van der Waals surface area contributed by atoms with Crippen LogP contribution in [0.5, 0.6) is 5.75 Å². The maximum Gasteiger partial charge on any atom is 0.319 e. The van der Waals surface area contributed by atoms with Crippen LogP contribution in [-0.4, -0.2) is 22.9 Å². The van der Waals surface area contributed by atoms with Gasteiger partial charge in [-0.3, -0.25) is 25.0 Å². The molecule has 0 atom stereocenters. The average molecular weight is 345 g/mol. The summed E-state index contributed by atoms with van der Waals surface area (Å²) >= 11 is 0. The van der Waals surface area contributed by atoms with E-state index in [1.165, 1.54) is 0 Å². The molecule has 2 aromatic carbocycles. The molecular weight excluding hydrogens is 330 g/mol. The molecule has 0 spiro atoms. The predicted molar refractivity (Wildman–Crippen MR) is 90.1 cm³/mol. The minimum atomic E-state index is -0.831. The summed E-state index contributed by atoms with van der Waals surface area (Å²) in [4.78, 5) is 33.1. The van der Waals surface area contributed by atoms with Gasteiger partial charge in [-0.25, -0.2) is 0 Å². The predicted octanol–water partition coefficient (Wildman–Crippen LogP) is 3.33. The third-order valence-electron chi connectivity index (χ3n) is 3.56. The minimum Gasteiger partial charge on any atom is -0.485 e. The maximum absolute atomic E-state index is 12.4. The van der Waals surface area contributed by atoms with Gasteiger partial charge < -0.3 is 10.1 Å². The number of nitro benzene ring substituents is 2. The van der Waals surface area contributed by atoms with Gasteiger partial charge in [0.05, 0.1) is 22.5 Å². The van der Waals surface area contributed by atoms with Gasteiger partial charge in [-0.05, 0) is 18.1 Å². The molecule has 0 unspecified atom stereocenters. The number of para-hydroxylation sites is 1. The fourth-order valence-corrected chi connectivity index (χ4v) is 2.36. The number of carbonyl (C=O) groups is 1. The molecule has 9 heteroatoms. The highest BCUT2D eigenvalue weighted by Crippen LogP contribution is 2.37. The number of ether oxygens (including phenoxy) is 1. The van der Waals surface area contributed by atoms with E-state index in [-0.39, 0.29) is 5.56 Å². The van der Waals surface area contributed by atoms with Crippen molar-refractivity contribution in [2.75, 3.05) is 12.4 Å². The molecule has 2 rings (SSSR count). The Morgan fingerprint density at radius 1 is 1.12 bits per heavy atom. The summed E-state index contributed by atoms with van der Waals surface area (Å²) in [6.07, 6.45) is 0.666. The zero-order valence-electron chi connectivity index (χ0n) is 13.5. The number of nitrogens with one attached hydrogen (secondary N) is 1. The third kappa shape index (κ3) is 3.71. The molecule has 1 N–H and O–H groups in total. The van der Waals surface area contributed by atoms with Crippen LogP contribution in [0.4, 0.5) is 17.1 Å². The van der Waals surface area contributed by atoms with E-state index in [1.807, 2.05) is 19.1 Å². The smallest absolute Gasteiger partial charge is 0.319 e. The number of aryl methyl sites for hydroxylation is 1. The molecule has 0 aromatic heterocycles. The number of carbonyl (C=O) groups excluding carboxylic acids is 1. The lowest BCUT2D eigenvalue weighted by Gasteiger charge is -2.10. The molecule has 0 aliphatic rings. The van der Waals surface area contributed by atoms with Gasteiger partial charge >= 0.3 is 11.4 Å². The molecule has 0 aliphatic carbocycles. The van der Waals surface area contributed by atoms with Crippen LogP contribution >= 0.6 is 0 Å². The van der Waals surface area contributed by atoms with Crippen LogP contribution in [0.2, 0.25) is 0 Å². The summed E-state index contributed by atoms with van der Waals surface area (Å²) in [5.41, 5.74) is -0.0918. The van der Waals surface area contributed by atoms with Gasteiger partial charge in [0.1, 0.15) is 0 Å². The molecule has 0 bridgehead atoms. The van der Waals surface area contributed by atoms with E-state index in [4.69, 9.17) is 4.74 Å². The van der Waals surface area contributed by atoms with E-state index in [9.17, 15) is 25.0 Å². The average Bonchev–Trinajstić information content (AvgIpc) is 2.60. The number of methoxy groups -OCH3 is 1. The number of rotatable bonds is 6. The van der Waals surface area contributed by atoms with E-state index in [1.54, 1.807) is 12.1 Å². The van der Waals surface area contributed by atoms with E-state index in [0.717, 1.165) is 24.8 Å². The Bertz CT molecular complexity index is 815. The van der Waals surface area contributed by atoms with Crippen molar-refractivity contribution in [1.29, 1.82) is 0 Å². The first-order valence-electron chi connectivity index (χ1n) is 7.29. The van der Waals surface area contributed by atoms with E-state index >= 15 is 0 Å². The van der Waals surface area contributed by atoms with Gasteiger partial charge in [-0.1, -0.05) is 25.1 Å². The molecule has 0 heterocycles. The zero-order chi connectivity index (χ0) is 18.6. The molecule has 0 aliphatic heterocycles. The Kier molecular flexibility index (Phi) is 5.28. The lowest BCUT2D eigenvalue weighted by atomic mass is 10.1. The van der Waals surface area contributed by atoms with Crippen molar-refractivity contribution in [1.82, 2.24) is 0 Å². The fraction of sp³-hybridized carbons (Fsp3) is 0.188. The molecule has 0 saturated carbocycles. The van der Waals surface area contributed by atoms with E-state index in [2.05, 4.69) is 5.32 Å². The SMILES string of the molecule is CCc1ccccc1NC(=O)c1cc([N+](=O)[O-])c(OC)c([N+](=O)[O-])c1. The van der Waals surface area contributed by atoms with Gasteiger partial charge in [0.15, 0.2) is 0 Å². The van der Waals surface area contributed by atoms with Crippen LogP contribution in [-0.2, 0) is 6.42 Å². The van der Waals surface area contributed by atoms with Crippen molar-refractivity contribution in [2.45, 2.75) is 13.3 Å². The fourth-order valence-electron chi connectivity index (χ4n) is 2.36. The monoisotopic (exact) mass is 345 g/mol. The molecule has 0 fully saturated rings. The maximum atomic E-state index is 12.4. The van der Waals surface area contributed by atoms with Crippen LogP contribution in [0.25, 0.3) is 0 Å². The molecule has 2 aromatic rings. The van der Waals surface area contributed by atoms with E-state index < -0.39 is 32.9 Å². The highest BCUT2D eigenvalue weighted by Gasteiger charge is 2.29. The highest BCUT2D eigenvalue weighted by molar-refractivity contribution is 6.05. The third-order valence-corrected chi connectivity index (χ3v) is 3.56. The van der Waals surface area contributed by atoms with Crippen LogP contribution in [0, 0.1) is 20.2 Å². The number of amides is 1. The first kappa shape index (κ1) is 17.9. The van der Waals surface area contributed by atoms with Gasteiger partial charge in [0, 0.05) is 17.8 Å². The topological polar surface area (TPSA) is 125 Å². The Morgan fingerprint density at radius 2 is 1.68 bits per heavy atom. The quantitative estimate of drug-likeness (QED) is 0.632. The number of anilines is 1. The standard InChI is InChI=1S/C16H15N3O6/c1-3-10-6-4-5-7-12(10)17-16(20)11-8-13(18(21)22)15(25-2)14(9-11)19(23)24/h4-9H,3H2,1-2H3,(H,17,20). The highest BCUT2D eigenvalue weighted by atomic mass is 16.6. The molecule has 1 amide bonds. The largest absolute Gasteiger partial charge is 0.485 e. The second-order valence-electron chi connectivity index (χ2n) is 5.03. The molecule has 130 valence electrons. The Labute approximate surface area is 142 Å². The molecule has 0 saturated heterocycles. The summed E-state index contributed by atoms with van der Waals surface area (Å²) in [6.45, 7) is 1.91. The lowest BCUT2D eigenvalue weighted by molar-refractivity contribution is -0.395. The van der Waals surface area contributed by atoms with E-state index in [0.29, 0.717) is 12.1 Å². The van der Waals surface area contributed by atoms with Crippen molar-refractivity contribution >= 4 is 23.0 Å². The van der Waals surface area contributed by atoms with Crippen LogP contribution in [0.1, 0.15) is 22.8 Å². The van der Waals surface area contributed by atoms with Crippen LogP contribution in [0.3, 0.4) is 0 Å². The van der Waals surface area contributed by atoms with Gasteiger partial charge in [0.2, 0.25) is 0 Å². The summed E-state index contributed by atoms with van der Waals surface area (Å²) in [5, 5.41) is 24.9. The van der Waals surface area contributed by atoms with Gasteiger partial charge in [-0.2, -0.15) is 0 Å². The first-order chi connectivity index (χ1) is 11.9. The molecule has 9 nitrogen and oxygen atoms in total. The summed E-state index contributed by atoms with van der Waals surface area (Å²) in [6, 6.07) is 8.97. The molecule has 25 heavy (non-hydrogen) atoms. The first-order valence-corrected chi connectivity index (χ1v) is 7.29. The summed E-state index contributed by atoms with van der Waals surface area (Å²) in [7, 11) is 1.09.